The van der Waals surface area contributed by atoms with E-state index in [1.54, 1.807) is 21.9 Å². The summed E-state index contributed by atoms with van der Waals surface area (Å²) in [4.78, 5) is 3.20. The maximum atomic E-state index is 13.2. The Labute approximate surface area is 139 Å². The van der Waals surface area contributed by atoms with Crippen molar-refractivity contribution in [2.24, 2.45) is 0 Å². The van der Waals surface area contributed by atoms with Gasteiger partial charge in [0.25, 0.3) is 0 Å². The molecule has 3 rings (SSSR count). The van der Waals surface area contributed by atoms with Crippen molar-refractivity contribution in [3.8, 4) is 0 Å². The summed E-state index contributed by atoms with van der Waals surface area (Å²) in [6.45, 7) is 6.70. The molecule has 0 aliphatic carbocycles. The van der Waals surface area contributed by atoms with Gasteiger partial charge in [-0.05, 0) is 24.3 Å². The molecule has 0 saturated carbocycles. The van der Waals surface area contributed by atoms with Gasteiger partial charge in [0, 0.05) is 15.6 Å². The molecule has 0 aromatic heterocycles. The fourth-order valence-corrected chi connectivity index (χ4v) is 3.40. The Balaban J connectivity index is 1.49. The Morgan fingerprint density at radius 1 is 0.818 bits per heavy atom. The second kappa shape index (κ2) is 7.36. The third-order valence-electron chi connectivity index (χ3n) is 4.37. The zero-order chi connectivity index (χ0) is 15.4. The molecule has 0 spiro atoms. The van der Waals surface area contributed by atoms with Crippen molar-refractivity contribution < 1.29 is 14.2 Å². The number of halogens is 2. The third-order valence-corrected chi connectivity index (χ3v) is 4.90. The van der Waals surface area contributed by atoms with Crippen LogP contribution in [0.25, 0.3) is 0 Å². The summed E-state index contributed by atoms with van der Waals surface area (Å²) in [6.07, 6.45) is 0. The van der Waals surface area contributed by atoms with Crippen LogP contribution in [0.4, 0.5) is 4.39 Å². The first kappa shape index (κ1) is 15.7. The van der Waals surface area contributed by atoms with Crippen molar-refractivity contribution in [2.45, 2.75) is 13.1 Å². The molecular weight excluding hydrogens is 343 g/mol. The van der Waals surface area contributed by atoms with E-state index in [0.29, 0.717) is 0 Å². The highest BCUT2D eigenvalue weighted by Gasteiger charge is 2.23. The summed E-state index contributed by atoms with van der Waals surface area (Å²) in [5.41, 5.74) is 2.50. The largest absolute Gasteiger partial charge is 0.322 e. The summed E-state index contributed by atoms with van der Waals surface area (Å²) in [5.74, 6) is -0.128. The van der Waals surface area contributed by atoms with Gasteiger partial charge in [-0.25, -0.2) is 4.39 Å². The number of hydrogen-bond acceptors (Lipinski definition) is 0. The number of hydrogen-bond donors (Lipinski definition) is 2. The molecular formula is C18H22BrFN2+2. The van der Waals surface area contributed by atoms with Gasteiger partial charge in [0.1, 0.15) is 45.1 Å². The number of piperazine rings is 1. The molecule has 1 aliphatic heterocycles. The third kappa shape index (κ3) is 4.38. The fourth-order valence-electron chi connectivity index (χ4n) is 3.14. The Kier molecular flexibility index (Phi) is 5.24. The van der Waals surface area contributed by atoms with E-state index in [0.717, 1.165) is 36.2 Å². The minimum absolute atomic E-state index is 0.128. The average Bonchev–Trinajstić information content (AvgIpc) is 2.52. The van der Waals surface area contributed by atoms with Crippen LogP contribution in [0.3, 0.4) is 0 Å². The van der Waals surface area contributed by atoms with E-state index in [4.69, 9.17) is 0 Å². The predicted molar refractivity (Wildman–Crippen MR) is 89.3 cm³/mol. The molecule has 116 valence electrons. The van der Waals surface area contributed by atoms with Crippen LogP contribution in [-0.4, -0.2) is 26.2 Å². The molecule has 22 heavy (non-hydrogen) atoms. The maximum Gasteiger partial charge on any atom is 0.127 e. The smallest absolute Gasteiger partial charge is 0.127 e. The molecule has 1 fully saturated rings. The summed E-state index contributed by atoms with van der Waals surface area (Å²) in [6, 6.07) is 15.6. The topological polar surface area (TPSA) is 8.88 Å². The second-order valence-corrected chi connectivity index (χ2v) is 7.03. The van der Waals surface area contributed by atoms with Gasteiger partial charge in [-0.15, -0.1) is 0 Å². The number of quaternary nitrogens is 2. The van der Waals surface area contributed by atoms with E-state index < -0.39 is 0 Å². The molecule has 2 aromatic rings. The van der Waals surface area contributed by atoms with Crippen molar-refractivity contribution in [1.82, 2.24) is 0 Å². The first-order valence-electron chi connectivity index (χ1n) is 7.85. The molecule has 0 amide bonds. The number of nitrogens with one attached hydrogen (secondary N) is 2. The second-order valence-electron chi connectivity index (χ2n) is 6.11. The predicted octanol–water partition coefficient (Wildman–Crippen LogP) is 1.07. The van der Waals surface area contributed by atoms with Gasteiger partial charge in [-0.3, -0.25) is 0 Å². The first-order chi connectivity index (χ1) is 10.7. The van der Waals surface area contributed by atoms with Crippen molar-refractivity contribution in [3.05, 3.63) is 69.9 Å². The van der Waals surface area contributed by atoms with Gasteiger partial charge in [0.05, 0.1) is 0 Å². The lowest BCUT2D eigenvalue weighted by molar-refractivity contribution is -1.02. The maximum absolute atomic E-state index is 13.2. The number of benzene rings is 2. The molecule has 1 saturated heterocycles. The first-order valence-corrected chi connectivity index (χ1v) is 8.64. The van der Waals surface area contributed by atoms with Crippen LogP contribution in [0.5, 0.6) is 0 Å². The van der Waals surface area contributed by atoms with Gasteiger partial charge in [0.2, 0.25) is 0 Å². The van der Waals surface area contributed by atoms with Crippen molar-refractivity contribution in [2.75, 3.05) is 26.2 Å². The molecule has 1 aliphatic rings. The number of rotatable bonds is 4. The summed E-state index contributed by atoms with van der Waals surface area (Å²) in [5, 5.41) is 0. The molecule has 2 nitrogen and oxygen atoms in total. The van der Waals surface area contributed by atoms with Gasteiger partial charge in [-0.2, -0.15) is 0 Å². The van der Waals surface area contributed by atoms with E-state index in [-0.39, 0.29) is 5.82 Å². The molecule has 2 aromatic carbocycles. The summed E-state index contributed by atoms with van der Waals surface area (Å²) in [7, 11) is 0. The van der Waals surface area contributed by atoms with Crippen LogP contribution in [0, 0.1) is 5.82 Å². The van der Waals surface area contributed by atoms with Crippen LogP contribution in [0.15, 0.2) is 53.0 Å². The quantitative estimate of drug-likeness (QED) is 0.802. The van der Waals surface area contributed by atoms with Gasteiger partial charge in [0.15, 0.2) is 0 Å². The van der Waals surface area contributed by atoms with Gasteiger partial charge in [-0.1, -0.05) is 40.2 Å². The van der Waals surface area contributed by atoms with E-state index in [9.17, 15) is 4.39 Å². The highest BCUT2D eigenvalue weighted by atomic mass is 79.9. The van der Waals surface area contributed by atoms with E-state index >= 15 is 0 Å². The van der Waals surface area contributed by atoms with Crippen molar-refractivity contribution in [1.29, 1.82) is 0 Å². The van der Waals surface area contributed by atoms with Gasteiger partial charge >= 0.3 is 0 Å². The normalized spacial score (nSPS) is 21.7. The summed E-state index contributed by atoms with van der Waals surface area (Å²) >= 11 is 3.48. The van der Waals surface area contributed by atoms with E-state index in [2.05, 4.69) is 40.2 Å². The van der Waals surface area contributed by atoms with Crippen LogP contribution in [0.1, 0.15) is 11.1 Å². The highest BCUT2D eigenvalue weighted by Crippen LogP contribution is 2.09. The minimum atomic E-state index is -0.128. The Morgan fingerprint density at radius 3 is 2.00 bits per heavy atom. The molecule has 1 heterocycles. The average molecular weight is 365 g/mol. The SMILES string of the molecule is Fc1cccc(C[NH+]2CC[NH+](Cc3ccc(Br)cc3)CC2)c1. The van der Waals surface area contributed by atoms with Crippen LogP contribution < -0.4 is 9.80 Å². The van der Waals surface area contributed by atoms with Gasteiger partial charge < -0.3 is 9.80 Å². The van der Waals surface area contributed by atoms with Crippen LogP contribution >= 0.6 is 15.9 Å². The fraction of sp³-hybridized carbons (Fsp3) is 0.333. The standard InChI is InChI=1S/C18H20BrFN2/c19-17-6-4-15(5-7-17)13-21-8-10-22(11-9-21)14-16-2-1-3-18(20)12-16/h1-7,12H,8-11,13-14H2/p+2. The summed E-state index contributed by atoms with van der Waals surface area (Å²) < 4.78 is 14.4. The lowest BCUT2D eigenvalue weighted by atomic mass is 10.1. The van der Waals surface area contributed by atoms with E-state index in [1.807, 2.05) is 6.07 Å². The van der Waals surface area contributed by atoms with Crippen molar-refractivity contribution >= 4 is 15.9 Å². The Morgan fingerprint density at radius 2 is 1.41 bits per heavy atom. The molecule has 0 bridgehead atoms. The van der Waals surface area contributed by atoms with Crippen LogP contribution in [-0.2, 0) is 13.1 Å². The molecule has 0 radical (unpaired) electrons. The Bertz CT molecular complexity index is 607. The molecule has 4 heteroatoms. The molecule has 2 N–H and O–H groups in total. The van der Waals surface area contributed by atoms with Crippen LogP contribution in [0.2, 0.25) is 0 Å². The molecule has 0 unspecified atom stereocenters. The van der Waals surface area contributed by atoms with Crippen molar-refractivity contribution in [3.63, 3.8) is 0 Å². The molecule has 0 atom stereocenters. The monoisotopic (exact) mass is 364 g/mol. The lowest BCUT2D eigenvalue weighted by Gasteiger charge is -2.29. The Hall–Kier alpha value is -1.23. The lowest BCUT2D eigenvalue weighted by Crippen LogP contribution is -3.27. The minimum Gasteiger partial charge on any atom is -0.322 e. The highest BCUT2D eigenvalue weighted by molar-refractivity contribution is 9.10. The zero-order valence-corrected chi connectivity index (χ0v) is 14.2. The zero-order valence-electron chi connectivity index (χ0n) is 12.6. The van der Waals surface area contributed by atoms with E-state index in [1.165, 1.54) is 24.7 Å².